The van der Waals surface area contributed by atoms with Crippen LogP contribution in [0.25, 0.3) is 0 Å². The monoisotopic (exact) mass is 484 g/mol. The lowest BCUT2D eigenvalue weighted by atomic mass is 9.95. The van der Waals surface area contributed by atoms with E-state index in [9.17, 15) is 9.59 Å². The molecular weight excluding hydrogens is 456 g/mol. The summed E-state index contributed by atoms with van der Waals surface area (Å²) in [6.07, 6.45) is 0. The third-order valence-electron chi connectivity index (χ3n) is 6.03. The molecule has 4 rings (SSSR count). The van der Waals surface area contributed by atoms with E-state index in [2.05, 4.69) is 20.4 Å². The summed E-state index contributed by atoms with van der Waals surface area (Å²) in [4.78, 5) is 29.9. The van der Waals surface area contributed by atoms with Crippen LogP contribution >= 0.6 is 11.6 Å². The van der Waals surface area contributed by atoms with Crippen LogP contribution in [0.15, 0.2) is 59.8 Å². The molecule has 0 radical (unpaired) electrons. The van der Waals surface area contributed by atoms with E-state index in [4.69, 9.17) is 21.1 Å². The molecule has 1 unspecified atom stereocenters. The average Bonchev–Trinajstić information content (AvgIpc) is 2.85. The highest BCUT2D eigenvalue weighted by molar-refractivity contribution is 6.30. The van der Waals surface area contributed by atoms with Crippen molar-refractivity contribution in [3.05, 3.63) is 70.4 Å². The Bertz CT molecular complexity index is 1050. The summed E-state index contributed by atoms with van der Waals surface area (Å²) in [5, 5.41) is 6.42. The van der Waals surface area contributed by atoms with Gasteiger partial charge < -0.3 is 25.0 Å². The largest absolute Gasteiger partial charge is 0.494 e. The van der Waals surface area contributed by atoms with Gasteiger partial charge in [-0.05, 0) is 48.9 Å². The molecule has 0 aliphatic carbocycles. The lowest BCUT2D eigenvalue weighted by molar-refractivity contribution is -0.136. The first kappa shape index (κ1) is 23.9. The SMILES string of the molecule is CCOc1ccc(C2NC(=O)NC(CN3CCN(c4ccc(Cl)cc4)CC3)=C2C(=O)OC)cc1. The number of ether oxygens (including phenoxy) is 2. The molecule has 2 aliphatic heterocycles. The molecule has 2 N–H and O–H groups in total. The maximum atomic E-state index is 12.8. The Labute approximate surface area is 204 Å². The van der Waals surface area contributed by atoms with E-state index in [0.717, 1.165) is 43.2 Å². The first-order chi connectivity index (χ1) is 16.5. The van der Waals surface area contributed by atoms with Gasteiger partial charge in [-0.25, -0.2) is 9.59 Å². The fourth-order valence-corrected chi connectivity index (χ4v) is 4.43. The number of amides is 2. The predicted molar refractivity (Wildman–Crippen MR) is 131 cm³/mol. The Morgan fingerprint density at radius 1 is 1.06 bits per heavy atom. The van der Waals surface area contributed by atoms with Gasteiger partial charge in [-0.3, -0.25) is 4.90 Å². The molecule has 1 saturated heterocycles. The van der Waals surface area contributed by atoms with E-state index in [-0.39, 0.29) is 6.03 Å². The van der Waals surface area contributed by atoms with E-state index in [1.165, 1.54) is 7.11 Å². The van der Waals surface area contributed by atoms with Crippen molar-refractivity contribution >= 4 is 29.3 Å². The standard InChI is InChI=1S/C25H29ClN4O4/c1-3-34-20-10-4-17(5-11-20)23-22(24(31)33-2)21(27-25(32)28-23)16-29-12-14-30(15-13-29)19-8-6-18(26)7-9-19/h4-11,23H,3,12-16H2,1-2H3,(H2,27,28,32). The number of carbonyl (C=O) groups is 2. The van der Waals surface area contributed by atoms with Crippen molar-refractivity contribution in [2.24, 2.45) is 0 Å². The zero-order valence-electron chi connectivity index (χ0n) is 19.3. The van der Waals surface area contributed by atoms with E-state index in [0.29, 0.717) is 29.4 Å². The van der Waals surface area contributed by atoms with Crippen LogP contribution in [0, 0.1) is 0 Å². The number of nitrogens with one attached hydrogen (secondary N) is 2. The van der Waals surface area contributed by atoms with Crippen LogP contribution < -0.4 is 20.3 Å². The van der Waals surface area contributed by atoms with Crippen molar-refractivity contribution in [1.82, 2.24) is 15.5 Å². The maximum Gasteiger partial charge on any atom is 0.338 e. The summed E-state index contributed by atoms with van der Waals surface area (Å²) in [5.41, 5.74) is 2.88. The van der Waals surface area contributed by atoms with E-state index in [1.54, 1.807) is 0 Å². The minimum absolute atomic E-state index is 0.346. The molecule has 2 aromatic carbocycles. The van der Waals surface area contributed by atoms with Crippen LogP contribution in [-0.2, 0) is 9.53 Å². The van der Waals surface area contributed by atoms with Crippen LogP contribution in [0.4, 0.5) is 10.5 Å². The fraction of sp³-hybridized carbons (Fsp3) is 0.360. The van der Waals surface area contributed by atoms with E-state index >= 15 is 0 Å². The normalized spacial score (nSPS) is 18.9. The number of anilines is 1. The number of carbonyl (C=O) groups excluding carboxylic acids is 2. The number of piperazine rings is 1. The van der Waals surface area contributed by atoms with Gasteiger partial charge in [0.15, 0.2) is 0 Å². The highest BCUT2D eigenvalue weighted by Gasteiger charge is 2.34. The number of rotatable bonds is 7. The van der Waals surface area contributed by atoms with Gasteiger partial charge in [0.25, 0.3) is 0 Å². The van der Waals surface area contributed by atoms with Crippen LogP contribution in [0.1, 0.15) is 18.5 Å². The Hall–Kier alpha value is -3.23. The van der Waals surface area contributed by atoms with Crippen molar-refractivity contribution in [1.29, 1.82) is 0 Å². The Kier molecular flexibility index (Phi) is 7.59. The number of hydrogen-bond acceptors (Lipinski definition) is 6. The summed E-state index contributed by atoms with van der Waals surface area (Å²) in [6.45, 7) is 6.16. The van der Waals surface area contributed by atoms with Crippen molar-refractivity contribution in [3.8, 4) is 5.75 Å². The van der Waals surface area contributed by atoms with Gasteiger partial charge in [-0.1, -0.05) is 23.7 Å². The molecule has 2 aliphatic rings. The highest BCUT2D eigenvalue weighted by atomic mass is 35.5. The van der Waals surface area contributed by atoms with Gasteiger partial charge in [0.2, 0.25) is 0 Å². The number of benzene rings is 2. The molecule has 0 bridgehead atoms. The number of nitrogens with zero attached hydrogens (tertiary/aromatic N) is 2. The second kappa shape index (κ2) is 10.8. The molecule has 0 aromatic heterocycles. The molecule has 2 amide bonds. The van der Waals surface area contributed by atoms with E-state index < -0.39 is 12.0 Å². The zero-order valence-corrected chi connectivity index (χ0v) is 20.1. The summed E-state index contributed by atoms with van der Waals surface area (Å²) in [7, 11) is 1.35. The first-order valence-electron chi connectivity index (χ1n) is 11.3. The van der Waals surface area contributed by atoms with Gasteiger partial charge >= 0.3 is 12.0 Å². The van der Waals surface area contributed by atoms with Crippen LogP contribution in [0.5, 0.6) is 5.75 Å². The third-order valence-corrected chi connectivity index (χ3v) is 6.28. The highest BCUT2D eigenvalue weighted by Crippen LogP contribution is 2.29. The number of esters is 1. The quantitative estimate of drug-likeness (QED) is 0.586. The van der Waals surface area contributed by atoms with Crippen LogP contribution in [-0.4, -0.2) is 63.3 Å². The lowest BCUT2D eigenvalue weighted by Gasteiger charge is -2.38. The zero-order chi connectivity index (χ0) is 24.1. The number of urea groups is 1. The number of hydrogen-bond donors (Lipinski definition) is 2. The fourth-order valence-electron chi connectivity index (χ4n) is 4.31. The maximum absolute atomic E-state index is 12.8. The molecule has 9 heteroatoms. The van der Waals surface area contributed by atoms with Crippen molar-refractivity contribution in [2.75, 3.05) is 51.3 Å². The van der Waals surface area contributed by atoms with Crippen LogP contribution in [0.2, 0.25) is 5.02 Å². The Morgan fingerprint density at radius 2 is 1.74 bits per heavy atom. The molecule has 0 spiro atoms. The second-order valence-electron chi connectivity index (χ2n) is 8.16. The Balaban J connectivity index is 1.52. The smallest absolute Gasteiger partial charge is 0.338 e. The summed E-state index contributed by atoms with van der Waals surface area (Å²) < 4.78 is 10.6. The van der Waals surface area contributed by atoms with Crippen molar-refractivity contribution in [3.63, 3.8) is 0 Å². The van der Waals surface area contributed by atoms with Gasteiger partial charge in [0, 0.05) is 49.1 Å². The molecule has 180 valence electrons. The molecule has 1 atom stereocenters. The summed E-state index contributed by atoms with van der Waals surface area (Å²) >= 11 is 6.01. The van der Waals surface area contributed by atoms with Gasteiger partial charge in [-0.2, -0.15) is 0 Å². The molecule has 34 heavy (non-hydrogen) atoms. The van der Waals surface area contributed by atoms with E-state index in [1.807, 2.05) is 55.5 Å². The predicted octanol–water partition coefficient (Wildman–Crippen LogP) is 3.34. The second-order valence-corrected chi connectivity index (χ2v) is 8.59. The molecule has 8 nitrogen and oxygen atoms in total. The average molecular weight is 485 g/mol. The molecule has 2 heterocycles. The van der Waals surface area contributed by atoms with Gasteiger partial charge in [0.1, 0.15) is 5.75 Å². The molecule has 1 fully saturated rings. The van der Waals surface area contributed by atoms with Gasteiger partial charge in [-0.15, -0.1) is 0 Å². The Morgan fingerprint density at radius 3 is 2.35 bits per heavy atom. The summed E-state index contributed by atoms with van der Waals surface area (Å²) in [6, 6.07) is 14.2. The minimum Gasteiger partial charge on any atom is -0.494 e. The van der Waals surface area contributed by atoms with Crippen LogP contribution in [0.3, 0.4) is 0 Å². The van der Waals surface area contributed by atoms with Crippen molar-refractivity contribution < 1.29 is 19.1 Å². The topological polar surface area (TPSA) is 83.1 Å². The minimum atomic E-state index is -0.609. The molecule has 0 saturated carbocycles. The van der Waals surface area contributed by atoms with Gasteiger partial charge in [0.05, 0.1) is 25.3 Å². The number of methoxy groups -OCH3 is 1. The first-order valence-corrected chi connectivity index (χ1v) is 11.7. The molecule has 2 aromatic rings. The lowest BCUT2D eigenvalue weighted by Crippen LogP contribution is -2.51. The number of halogens is 1. The molecular formula is C25H29ClN4O4. The van der Waals surface area contributed by atoms with Crippen molar-refractivity contribution in [2.45, 2.75) is 13.0 Å². The third kappa shape index (κ3) is 5.46. The summed E-state index contributed by atoms with van der Waals surface area (Å²) in [5.74, 6) is 0.259.